The van der Waals surface area contributed by atoms with E-state index in [1.54, 1.807) is 11.0 Å². The fourth-order valence-electron chi connectivity index (χ4n) is 0.933. The Bertz CT molecular complexity index is 212. The molecule has 11 heavy (non-hydrogen) atoms. The number of carbonyl (C=O) groups excluding carboxylic acids is 1. The number of hydrogen-bond acceptors (Lipinski definition) is 1. The maximum atomic E-state index is 11.0. The molecule has 0 fully saturated rings. The van der Waals surface area contributed by atoms with Gasteiger partial charge in [-0.15, -0.1) is 0 Å². The van der Waals surface area contributed by atoms with Crippen LogP contribution >= 0.6 is 0 Å². The Morgan fingerprint density at radius 3 is 2.91 bits per heavy atom. The summed E-state index contributed by atoms with van der Waals surface area (Å²) in [6, 6.07) is 0. The van der Waals surface area contributed by atoms with Crippen molar-refractivity contribution < 1.29 is 4.79 Å². The summed E-state index contributed by atoms with van der Waals surface area (Å²) in [5, 5.41) is 0. The lowest BCUT2D eigenvalue weighted by molar-refractivity contribution is -0.124. The molecule has 0 spiro atoms. The van der Waals surface area contributed by atoms with Crippen LogP contribution in [-0.2, 0) is 4.79 Å². The van der Waals surface area contributed by atoms with Gasteiger partial charge in [-0.1, -0.05) is 17.7 Å². The van der Waals surface area contributed by atoms with E-state index in [2.05, 4.69) is 6.08 Å². The minimum atomic E-state index is 0.127. The van der Waals surface area contributed by atoms with Crippen LogP contribution < -0.4 is 0 Å². The van der Waals surface area contributed by atoms with Gasteiger partial charge in [0.25, 0.3) is 0 Å². The van der Waals surface area contributed by atoms with Crippen molar-refractivity contribution in [1.82, 2.24) is 4.90 Å². The molecular weight excluding hydrogens is 138 g/mol. The van der Waals surface area contributed by atoms with Crippen LogP contribution in [0.2, 0.25) is 0 Å². The van der Waals surface area contributed by atoms with Crippen molar-refractivity contribution in [2.24, 2.45) is 0 Å². The highest BCUT2D eigenvalue weighted by molar-refractivity contribution is 5.90. The maximum absolute atomic E-state index is 11.0. The molecule has 0 N–H and O–H groups in total. The van der Waals surface area contributed by atoms with Crippen LogP contribution in [0.4, 0.5) is 0 Å². The molecule has 0 radical (unpaired) electrons. The van der Waals surface area contributed by atoms with Crippen LogP contribution in [0.3, 0.4) is 0 Å². The number of hydrogen-bond donors (Lipinski definition) is 0. The van der Waals surface area contributed by atoms with Crippen molar-refractivity contribution in [1.29, 1.82) is 0 Å². The quantitative estimate of drug-likeness (QED) is 0.545. The topological polar surface area (TPSA) is 20.3 Å². The number of nitrogens with zero attached hydrogens (tertiary/aromatic N) is 1. The molecule has 60 valence electrons. The summed E-state index contributed by atoms with van der Waals surface area (Å²) in [6.45, 7) is 5.58. The zero-order valence-electron chi connectivity index (χ0n) is 7.00. The monoisotopic (exact) mass is 151 g/mol. The second-order valence-corrected chi connectivity index (χ2v) is 2.93. The number of carbonyl (C=O) groups is 1. The van der Waals surface area contributed by atoms with Gasteiger partial charge >= 0.3 is 0 Å². The van der Waals surface area contributed by atoms with E-state index in [0.717, 1.165) is 13.1 Å². The summed E-state index contributed by atoms with van der Waals surface area (Å²) >= 11 is 0. The summed E-state index contributed by atoms with van der Waals surface area (Å²) in [5.74, 6) is 0.127. The normalized spacial score (nSPS) is 15.8. The minimum Gasteiger partial charge on any atom is -0.332 e. The first-order valence-corrected chi connectivity index (χ1v) is 3.79. The van der Waals surface area contributed by atoms with Crippen LogP contribution in [0.1, 0.15) is 13.8 Å². The molecule has 0 bridgehead atoms. The smallest absolute Gasteiger partial charge is 0.246 e. The first-order chi connectivity index (χ1) is 5.20. The highest BCUT2D eigenvalue weighted by Crippen LogP contribution is 2.01. The maximum Gasteiger partial charge on any atom is 0.246 e. The molecule has 2 nitrogen and oxygen atoms in total. The van der Waals surface area contributed by atoms with Crippen LogP contribution in [0.15, 0.2) is 23.8 Å². The average Bonchev–Trinajstić information content (AvgIpc) is 2.31. The number of amides is 1. The Balaban J connectivity index is 2.40. The first kappa shape index (κ1) is 8.05. The zero-order chi connectivity index (χ0) is 8.27. The van der Waals surface area contributed by atoms with Gasteiger partial charge < -0.3 is 4.90 Å². The van der Waals surface area contributed by atoms with E-state index in [1.165, 1.54) is 5.57 Å². The van der Waals surface area contributed by atoms with E-state index in [4.69, 9.17) is 0 Å². The molecule has 0 atom stereocenters. The molecule has 0 aromatic carbocycles. The standard InChI is InChI=1S/C9H13NO/c1-8(2)5-7-10-6-3-4-9(10)11/h3-5H,6-7H2,1-2H3. The molecule has 1 aliphatic heterocycles. The lowest BCUT2D eigenvalue weighted by atomic mass is 10.3. The van der Waals surface area contributed by atoms with Gasteiger partial charge in [0.1, 0.15) is 0 Å². The van der Waals surface area contributed by atoms with Crippen LogP contribution in [0.25, 0.3) is 0 Å². The molecular formula is C9H13NO. The third-order valence-corrected chi connectivity index (χ3v) is 1.62. The highest BCUT2D eigenvalue weighted by atomic mass is 16.2. The summed E-state index contributed by atoms with van der Waals surface area (Å²) < 4.78 is 0. The fourth-order valence-corrected chi connectivity index (χ4v) is 0.933. The van der Waals surface area contributed by atoms with Crippen LogP contribution in [0, 0.1) is 0 Å². The number of allylic oxidation sites excluding steroid dienone is 1. The van der Waals surface area contributed by atoms with Gasteiger partial charge in [0, 0.05) is 19.2 Å². The van der Waals surface area contributed by atoms with Crippen molar-refractivity contribution >= 4 is 5.91 Å². The molecule has 0 aromatic heterocycles. The molecule has 1 rings (SSSR count). The zero-order valence-corrected chi connectivity index (χ0v) is 7.00. The highest BCUT2D eigenvalue weighted by Gasteiger charge is 2.11. The third-order valence-electron chi connectivity index (χ3n) is 1.62. The summed E-state index contributed by atoms with van der Waals surface area (Å²) in [7, 11) is 0. The largest absolute Gasteiger partial charge is 0.332 e. The van der Waals surface area contributed by atoms with Crippen LogP contribution in [-0.4, -0.2) is 23.9 Å². The molecule has 0 unspecified atom stereocenters. The SMILES string of the molecule is CC(C)=CCN1CC=CC1=O. The minimum absolute atomic E-state index is 0.127. The molecule has 0 saturated carbocycles. The predicted molar refractivity (Wildman–Crippen MR) is 45.2 cm³/mol. The third kappa shape index (κ3) is 2.22. The fraction of sp³-hybridized carbons (Fsp3) is 0.444. The van der Waals surface area contributed by atoms with E-state index in [0.29, 0.717) is 0 Å². The van der Waals surface area contributed by atoms with Gasteiger partial charge in [-0.25, -0.2) is 0 Å². The first-order valence-electron chi connectivity index (χ1n) is 3.79. The van der Waals surface area contributed by atoms with Gasteiger partial charge in [-0.2, -0.15) is 0 Å². The van der Waals surface area contributed by atoms with E-state index >= 15 is 0 Å². The average molecular weight is 151 g/mol. The second-order valence-electron chi connectivity index (χ2n) is 2.93. The van der Waals surface area contributed by atoms with Gasteiger partial charge in [0.2, 0.25) is 5.91 Å². The molecule has 0 aliphatic carbocycles. The van der Waals surface area contributed by atoms with Crippen molar-refractivity contribution in [3.8, 4) is 0 Å². The van der Waals surface area contributed by atoms with Gasteiger partial charge in [-0.05, 0) is 13.8 Å². The van der Waals surface area contributed by atoms with Gasteiger partial charge in [0.15, 0.2) is 0 Å². The summed E-state index contributed by atoms with van der Waals surface area (Å²) in [4.78, 5) is 12.8. The van der Waals surface area contributed by atoms with Crippen molar-refractivity contribution in [2.45, 2.75) is 13.8 Å². The molecule has 1 amide bonds. The van der Waals surface area contributed by atoms with E-state index in [-0.39, 0.29) is 5.91 Å². The Kier molecular flexibility index (Phi) is 2.47. The molecule has 0 saturated heterocycles. The van der Waals surface area contributed by atoms with E-state index in [1.807, 2.05) is 19.9 Å². The van der Waals surface area contributed by atoms with Gasteiger partial charge in [0.05, 0.1) is 0 Å². The lowest BCUT2D eigenvalue weighted by Gasteiger charge is -2.12. The Labute approximate surface area is 67.2 Å². The molecule has 1 heterocycles. The van der Waals surface area contributed by atoms with E-state index in [9.17, 15) is 4.79 Å². The predicted octanol–water partition coefficient (Wildman–Crippen LogP) is 1.35. The Morgan fingerprint density at radius 1 is 1.73 bits per heavy atom. The molecule has 0 aromatic rings. The van der Waals surface area contributed by atoms with Crippen molar-refractivity contribution in [2.75, 3.05) is 13.1 Å². The summed E-state index contributed by atoms with van der Waals surface area (Å²) in [5.41, 5.74) is 1.25. The molecule has 2 heteroatoms. The van der Waals surface area contributed by atoms with Gasteiger partial charge in [-0.3, -0.25) is 4.79 Å². The Hall–Kier alpha value is -1.05. The molecule has 1 aliphatic rings. The van der Waals surface area contributed by atoms with Crippen molar-refractivity contribution in [3.05, 3.63) is 23.8 Å². The lowest BCUT2D eigenvalue weighted by Crippen LogP contribution is -2.25. The second kappa shape index (κ2) is 3.37. The number of rotatable bonds is 2. The van der Waals surface area contributed by atoms with Crippen molar-refractivity contribution in [3.63, 3.8) is 0 Å². The van der Waals surface area contributed by atoms with E-state index < -0.39 is 0 Å². The van der Waals surface area contributed by atoms with Crippen LogP contribution in [0.5, 0.6) is 0 Å². The Morgan fingerprint density at radius 2 is 2.45 bits per heavy atom. The summed E-state index contributed by atoms with van der Waals surface area (Å²) in [6.07, 6.45) is 5.57.